The van der Waals surface area contributed by atoms with E-state index in [0.29, 0.717) is 33.2 Å². The summed E-state index contributed by atoms with van der Waals surface area (Å²) in [6, 6.07) is 15.4. The normalized spacial score (nSPS) is 13.4. The van der Waals surface area contributed by atoms with Crippen LogP contribution in [0.25, 0.3) is 11.3 Å². The van der Waals surface area contributed by atoms with Gasteiger partial charge in [-0.2, -0.15) is 5.10 Å². The number of aromatic nitrogens is 2. The lowest BCUT2D eigenvalue weighted by Gasteiger charge is -2.18. The third-order valence-electron chi connectivity index (χ3n) is 4.91. The topological polar surface area (TPSA) is 124 Å². The molecule has 0 unspecified atom stereocenters. The van der Waals surface area contributed by atoms with Crippen molar-refractivity contribution in [2.75, 3.05) is 11.9 Å². The van der Waals surface area contributed by atoms with E-state index in [1.54, 1.807) is 53.5 Å². The second-order valence-electron chi connectivity index (χ2n) is 7.15. The minimum absolute atomic E-state index is 0.0287. The van der Waals surface area contributed by atoms with Gasteiger partial charge in [-0.3, -0.25) is 19.9 Å². The van der Waals surface area contributed by atoms with Gasteiger partial charge < -0.3 is 10.1 Å². The van der Waals surface area contributed by atoms with Gasteiger partial charge in [-0.05, 0) is 36.4 Å². The van der Waals surface area contributed by atoms with Gasteiger partial charge in [0.1, 0.15) is 5.75 Å². The quantitative estimate of drug-likeness (QED) is 0.267. The van der Waals surface area contributed by atoms with Crippen molar-refractivity contribution in [3.63, 3.8) is 0 Å². The molecule has 3 heterocycles. The Bertz CT molecular complexity index is 1490. The summed E-state index contributed by atoms with van der Waals surface area (Å²) in [6.07, 6.45) is 4.71. The predicted octanol–water partition coefficient (Wildman–Crippen LogP) is 3.97. The molecule has 2 aromatic heterocycles. The standard InChI is InChI=1S/C23H16N6O4S/c30-22-13-33-21-8-7-15(10-18(21)27-22)20-14-34-23(26-17-5-3-9-24-12-17)28(20)25-11-16-4-1-2-6-19(16)29(31)32/h1-12,14H,13H2,(H,27,30). The molecule has 0 fully saturated rings. The van der Waals surface area contributed by atoms with Gasteiger partial charge in [0, 0.05) is 23.2 Å². The number of amides is 1. The molecule has 1 N–H and O–H groups in total. The third-order valence-corrected chi connectivity index (χ3v) is 5.73. The van der Waals surface area contributed by atoms with Crippen LogP contribution in [0.15, 0.2) is 82.5 Å². The molecule has 2 aromatic carbocycles. The fraction of sp³-hybridized carbons (Fsp3) is 0.0435. The third kappa shape index (κ3) is 4.32. The Labute approximate surface area is 196 Å². The van der Waals surface area contributed by atoms with Crippen LogP contribution in [-0.4, -0.2) is 33.3 Å². The van der Waals surface area contributed by atoms with Crippen molar-refractivity contribution in [1.82, 2.24) is 9.66 Å². The maximum absolute atomic E-state index is 11.8. The molecule has 1 aliphatic heterocycles. The fourth-order valence-electron chi connectivity index (χ4n) is 3.34. The maximum atomic E-state index is 11.8. The number of ether oxygens (including phenoxy) is 1. The van der Waals surface area contributed by atoms with Crippen LogP contribution in [-0.2, 0) is 4.79 Å². The number of nitro groups is 1. The zero-order valence-electron chi connectivity index (χ0n) is 17.5. The van der Waals surface area contributed by atoms with Crippen molar-refractivity contribution in [3.8, 4) is 17.0 Å². The van der Waals surface area contributed by atoms with Crippen molar-refractivity contribution in [2.45, 2.75) is 0 Å². The second-order valence-corrected chi connectivity index (χ2v) is 7.98. The number of para-hydroxylation sites is 1. The number of pyridine rings is 1. The summed E-state index contributed by atoms with van der Waals surface area (Å²) in [5.74, 6) is 0.346. The number of hydrogen-bond donors (Lipinski definition) is 1. The summed E-state index contributed by atoms with van der Waals surface area (Å²) >= 11 is 1.35. The van der Waals surface area contributed by atoms with Gasteiger partial charge in [0.2, 0.25) is 4.80 Å². The zero-order valence-corrected chi connectivity index (χ0v) is 18.3. The number of benzene rings is 2. The Morgan fingerprint density at radius 1 is 1.21 bits per heavy atom. The van der Waals surface area contributed by atoms with Crippen LogP contribution < -0.4 is 14.9 Å². The summed E-state index contributed by atoms with van der Waals surface area (Å²) in [6.45, 7) is -0.0287. The van der Waals surface area contributed by atoms with E-state index in [2.05, 4.69) is 20.4 Å². The molecule has 0 saturated carbocycles. The monoisotopic (exact) mass is 472 g/mol. The number of nitrogens with one attached hydrogen (secondary N) is 1. The van der Waals surface area contributed by atoms with Gasteiger partial charge >= 0.3 is 0 Å². The van der Waals surface area contributed by atoms with Crippen LogP contribution in [0, 0.1) is 10.1 Å². The Kier molecular flexibility index (Phi) is 5.67. The van der Waals surface area contributed by atoms with E-state index in [-0.39, 0.29) is 18.2 Å². The Morgan fingerprint density at radius 3 is 2.91 bits per heavy atom. The summed E-state index contributed by atoms with van der Waals surface area (Å²) < 4.78 is 7.05. The van der Waals surface area contributed by atoms with E-state index in [4.69, 9.17) is 4.74 Å². The first-order valence-electron chi connectivity index (χ1n) is 10.1. The highest BCUT2D eigenvalue weighted by Gasteiger charge is 2.18. The van der Waals surface area contributed by atoms with Gasteiger partial charge in [0.25, 0.3) is 11.6 Å². The predicted molar refractivity (Wildman–Crippen MR) is 127 cm³/mol. The van der Waals surface area contributed by atoms with Crippen molar-refractivity contribution in [2.24, 2.45) is 10.1 Å². The molecule has 168 valence electrons. The first kappa shape index (κ1) is 21.2. The molecule has 11 heteroatoms. The second kappa shape index (κ2) is 9.08. The first-order chi connectivity index (χ1) is 16.6. The maximum Gasteiger partial charge on any atom is 0.278 e. The zero-order chi connectivity index (χ0) is 23.5. The lowest BCUT2D eigenvalue weighted by Crippen LogP contribution is -2.25. The molecule has 1 amide bonds. The van der Waals surface area contributed by atoms with Crippen molar-refractivity contribution in [3.05, 3.63) is 92.9 Å². The van der Waals surface area contributed by atoms with Crippen molar-refractivity contribution >= 4 is 40.5 Å². The molecular weight excluding hydrogens is 456 g/mol. The van der Waals surface area contributed by atoms with E-state index < -0.39 is 4.92 Å². The molecule has 4 aromatic rings. The average Bonchev–Trinajstić information content (AvgIpc) is 3.25. The molecule has 1 aliphatic rings. The molecule has 10 nitrogen and oxygen atoms in total. The molecule has 0 aliphatic carbocycles. The Balaban J connectivity index is 1.64. The molecule has 0 saturated heterocycles. The van der Waals surface area contributed by atoms with E-state index in [1.165, 1.54) is 23.6 Å². The highest BCUT2D eigenvalue weighted by molar-refractivity contribution is 7.07. The average molecular weight is 472 g/mol. The van der Waals surface area contributed by atoms with E-state index >= 15 is 0 Å². The molecule has 0 spiro atoms. The number of fused-ring (bicyclic) bond motifs is 1. The Morgan fingerprint density at radius 2 is 2.09 bits per heavy atom. The number of thiazole rings is 1. The van der Waals surface area contributed by atoms with E-state index in [1.807, 2.05) is 17.5 Å². The van der Waals surface area contributed by atoms with Crippen LogP contribution in [0.1, 0.15) is 5.56 Å². The van der Waals surface area contributed by atoms with Crippen LogP contribution >= 0.6 is 11.3 Å². The number of anilines is 1. The molecular formula is C23H16N6O4S. The highest BCUT2D eigenvalue weighted by atomic mass is 32.1. The lowest BCUT2D eigenvalue weighted by molar-refractivity contribution is -0.385. The van der Waals surface area contributed by atoms with Crippen LogP contribution in [0.4, 0.5) is 17.1 Å². The number of carbonyl (C=O) groups is 1. The summed E-state index contributed by atoms with van der Waals surface area (Å²) in [4.78, 5) is 32.0. The number of hydrogen-bond acceptors (Lipinski definition) is 8. The van der Waals surface area contributed by atoms with Gasteiger partial charge in [0.05, 0.1) is 40.0 Å². The first-order valence-corrected chi connectivity index (χ1v) is 11.0. The smallest absolute Gasteiger partial charge is 0.278 e. The van der Waals surface area contributed by atoms with Gasteiger partial charge in [-0.25, -0.2) is 9.67 Å². The minimum atomic E-state index is -0.451. The van der Waals surface area contributed by atoms with Crippen LogP contribution in [0.3, 0.4) is 0 Å². The number of carbonyl (C=O) groups excluding carboxylic acids is 1. The Hall–Kier alpha value is -4.64. The fourth-order valence-corrected chi connectivity index (χ4v) is 4.20. The van der Waals surface area contributed by atoms with Crippen molar-refractivity contribution < 1.29 is 14.5 Å². The minimum Gasteiger partial charge on any atom is -0.482 e. The lowest BCUT2D eigenvalue weighted by atomic mass is 10.1. The molecule has 0 bridgehead atoms. The van der Waals surface area contributed by atoms with Crippen LogP contribution in [0.5, 0.6) is 5.75 Å². The van der Waals surface area contributed by atoms with Gasteiger partial charge in [-0.1, -0.05) is 12.1 Å². The van der Waals surface area contributed by atoms with Gasteiger partial charge in [-0.15, -0.1) is 11.3 Å². The molecule has 0 atom stereocenters. The molecule has 0 radical (unpaired) electrons. The van der Waals surface area contributed by atoms with Crippen LogP contribution in [0.2, 0.25) is 0 Å². The largest absolute Gasteiger partial charge is 0.482 e. The summed E-state index contributed by atoms with van der Waals surface area (Å²) in [7, 11) is 0. The number of nitro benzene ring substituents is 1. The number of rotatable bonds is 5. The van der Waals surface area contributed by atoms with E-state index in [0.717, 1.165) is 5.56 Å². The summed E-state index contributed by atoms with van der Waals surface area (Å²) in [5.41, 5.74) is 2.94. The molecule has 5 rings (SSSR count). The summed E-state index contributed by atoms with van der Waals surface area (Å²) in [5, 5.41) is 20.6. The highest BCUT2D eigenvalue weighted by Crippen LogP contribution is 2.33. The number of nitrogens with zero attached hydrogens (tertiary/aromatic N) is 5. The molecule has 34 heavy (non-hydrogen) atoms. The SMILES string of the molecule is O=C1COc2ccc(-c3csc(=Nc4cccnc4)n3N=Cc3ccccc3[N+](=O)[O-])cc2N1. The van der Waals surface area contributed by atoms with Crippen molar-refractivity contribution in [1.29, 1.82) is 0 Å². The van der Waals surface area contributed by atoms with Gasteiger partial charge in [0.15, 0.2) is 6.61 Å². The van der Waals surface area contributed by atoms with E-state index in [9.17, 15) is 14.9 Å².